The summed E-state index contributed by atoms with van der Waals surface area (Å²) in [7, 11) is -1.40. The first-order valence-electron chi connectivity index (χ1n) is 7.70. The number of hydrogen-bond acceptors (Lipinski definition) is 3. The molecule has 0 spiro atoms. The molecule has 1 atom stereocenters. The standard InChI is InChI=1S/C16H27BO3/c1-3-4-5-6-7-8-14(2)20-13-15-9-11-16(12-10-15)17(18)19/h9-12,14,18-19H,3-8,13H2,1-2H3/t14-/m0/s1. The minimum Gasteiger partial charge on any atom is -0.423 e. The predicted octanol–water partition coefficient (Wildman–Crippen LogP) is 2.63. The molecule has 2 N–H and O–H groups in total. The quantitative estimate of drug-likeness (QED) is 0.511. The van der Waals surface area contributed by atoms with Crippen molar-refractivity contribution in [1.82, 2.24) is 0 Å². The summed E-state index contributed by atoms with van der Waals surface area (Å²) in [6.45, 7) is 4.93. The predicted molar refractivity (Wildman–Crippen MR) is 83.9 cm³/mol. The van der Waals surface area contributed by atoms with E-state index in [4.69, 9.17) is 14.8 Å². The van der Waals surface area contributed by atoms with Crippen LogP contribution in [0.1, 0.15) is 57.9 Å². The van der Waals surface area contributed by atoms with Crippen LogP contribution in [0.25, 0.3) is 0 Å². The number of unbranched alkanes of at least 4 members (excludes halogenated alkanes) is 4. The van der Waals surface area contributed by atoms with Crippen molar-refractivity contribution in [1.29, 1.82) is 0 Å². The highest BCUT2D eigenvalue weighted by Crippen LogP contribution is 2.11. The summed E-state index contributed by atoms with van der Waals surface area (Å²) in [5, 5.41) is 18.0. The molecular weight excluding hydrogens is 251 g/mol. The van der Waals surface area contributed by atoms with E-state index in [0.717, 1.165) is 12.0 Å². The van der Waals surface area contributed by atoms with Crippen LogP contribution in [0.3, 0.4) is 0 Å². The minimum absolute atomic E-state index is 0.278. The SMILES string of the molecule is CCCCCCC[C@H](C)OCc1ccc(B(O)O)cc1. The van der Waals surface area contributed by atoms with Crippen molar-refractivity contribution in [2.45, 2.75) is 65.1 Å². The van der Waals surface area contributed by atoms with Crippen LogP contribution in [0.5, 0.6) is 0 Å². The van der Waals surface area contributed by atoms with Gasteiger partial charge < -0.3 is 14.8 Å². The van der Waals surface area contributed by atoms with Gasteiger partial charge in [-0.2, -0.15) is 0 Å². The Morgan fingerprint density at radius 2 is 1.70 bits per heavy atom. The molecule has 1 aromatic rings. The van der Waals surface area contributed by atoms with Gasteiger partial charge in [0, 0.05) is 0 Å². The van der Waals surface area contributed by atoms with E-state index in [1.807, 2.05) is 12.1 Å². The van der Waals surface area contributed by atoms with Gasteiger partial charge in [-0.05, 0) is 24.4 Å². The van der Waals surface area contributed by atoms with Crippen LogP contribution in [0.15, 0.2) is 24.3 Å². The van der Waals surface area contributed by atoms with Crippen LogP contribution in [0.4, 0.5) is 0 Å². The molecule has 3 nitrogen and oxygen atoms in total. The summed E-state index contributed by atoms with van der Waals surface area (Å²) in [6, 6.07) is 7.20. The largest absolute Gasteiger partial charge is 0.488 e. The zero-order valence-corrected chi connectivity index (χ0v) is 12.7. The molecule has 1 aromatic carbocycles. The molecule has 0 aliphatic rings. The Balaban J connectivity index is 2.18. The molecule has 0 saturated carbocycles. The first-order valence-corrected chi connectivity index (χ1v) is 7.70. The van der Waals surface area contributed by atoms with Gasteiger partial charge in [0.25, 0.3) is 0 Å². The lowest BCUT2D eigenvalue weighted by molar-refractivity contribution is 0.0459. The van der Waals surface area contributed by atoms with E-state index in [9.17, 15) is 0 Å². The molecule has 1 rings (SSSR count). The molecule has 0 unspecified atom stereocenters. The summed E-state index contributed by atoms with van der Waals surface area (Å²) in [4.78, 5) is 0. The van der Waals surface area contributed by atoms with Crippen LogP contribution < -0.4 is 5.46 Å². The van der Waals surface area contributed by atoms with Crippen LogP contribution >= 0.6 is 0 Å². The van der Waals surface area contributed by atoms with E-state index < -0.39 is 7.12 Å². The summed E-state index contributed by atoms with van der Waals surface area (Å²) in [5.41, 5.74) is 1.57. The van der Waals surface area contributed by atoms with Gasteiger partial charge in [-0.25, -0.2) is 0 Å². The monoisotopic (exact) mass is 278 g/mol. The molecule has 0 aromatic heterocycles. The average Bonchev–Trinajstić information content (AvgIpc) is 2.45. The second kappa shape index (κ2) is 9.97. The molecule has 0 heterocycles. The van der Waals surface area contributed by atoms with E-state index in [-0.39, 0.29) is 6.10 Å². The normalized spacial score (nSPS) is 12.4. The molecule has 0 aliphatic carbocycles. The third-order valence-electron chi connectivity index (χ3n) is 3.53. The van der Waals surface area contributed by atoms with E-state index in [1.165, 1.54) is 32.1 Å². The Bertz CT molecular complexity index is 351. The molecule has 4 heteroatoms. The Morgan fingerprint density at radius 1 is 1.05 bits per heavy atom. The van der Waals surface area contributed by atoms with Crippen molar-refractivity contribution in [3.63, 3.8) is 0 Å². The lowest BCUT2D eigenvalue weighted by atomic mass is 9.80. The summed E-state index contributed by atoms with van der Waals surface area (Å²) >= 11 is 0. The molecule has 0 fully saturated rings. The zero-order chi connectivity index (χ0) is 14.8. The highest BCUT2D eigenvalue weighted by molar-refractivity contribution is 6.58. The fourth-order valence-corrected chi connectivity index (χ4v) is 2.14. The topological polar surface area (TPSA) is 49.7 Å². The first-order chi connectivity index (χ1) is 9.63. The van der Waals surface area contributed by atoms with Gasteiger partial charge in [0.1, 0.15) is 0 Å². The second-order valence-electron chi connectivity index (χ2n) is 5.44. The summed E-state index contributed by atoms with van der Waals surface area (Å²) in [5.74, 6) is 0. The van der Waals surface area contributed by atoms with Crippen LogP contribution in [0, 0.1) is 0 Å². The zero-order valence-electron chi connectivity index (χ0n) is 12.7. The van der Waals surface area contributed by atoms with Crippen LogP contribution in [0.2, 0.25) is 0 Å². The molecule has 0 radical (unpaired) electrons. The Kier molecular flexibility index (Phi) is 8.59. The lowest BCUT2D eigenvalue weighted by Gasteiger charge is -2.13. The van der Waals surface area contributed by atoms with Gasteiger partial charge in [-0.15, -0.1) is 0 Å². The summed E-state index contributed by atoms with van der Waals surface area (Å²) in [6.07, 6.45) is 7.86. The number of hydrogen-bond donors (Lipinski definition) is 2. The average molecular weight is 278 g/mol. The number of rotatable bonds is 10. The smallest absolute Gasteiger partial charge is 0.423 e. The summed E-state index contributed by atoms with van der Waals surface area (Å²) < 4.78 is 5.81. The van der Waals surface area contributed by atoms with Crippen LogP contribution in [-0.2, 0) is 11.3 Å². The number of benzene rings is 1. The van der Waals surface area contributed by atoms with Crippen molar-refractivity contribution in [3.8, 4) is 0 Å². The van der Waals surface area contributed by atoms with E-state index >= 15 is 0 Å². The van der Waals surface area contributed by atoms with Crippen molar-refractivity contribution in [2.24, 2.45) is 0 Å². The van der Waals surface area contributed by atoms with Gasteiger partial charge in [0.05, 0.1) is 12.7 Å². The van der Waals surface area contributed by atoms with Gasteiger partial charge in [-0.1, -0.05) is 63.3 Å². The fraction of sp³-hybridized carbons (Fsp3) is 0.625. The molecule has 0 amide bonds. The van der Waals surface area contributed by atoms with E-state index in [0.29, 0.717) is 12.1 Å². The van der Waals surface area contributed by atoms with E-state index in [1.54, 1.807) is 12.1 Å². The highest BCUT2D eigenvalue weighted by atomic mass is 16.5. The number of ether oxygens (including phenoxy) is 1. The van der Waals surface area contributed by atoms with Gasteiger partial charge in [0.15, 0.2) is 0 Å². The third-order valence-corrected chi connectivity index (χ3v) is 3.53. The Morgan fingerprint density at radius 3 is 2.30 bits per heavy atom. The molecule has 20 heavy (non-hydrogen) atoms. The van der Waals surface area contributed by atoms with Gasteiger partial charge >= 0.3 is 7.12 Å². The lowest BCUT2D eigenvalue weighted by Crippen LogP contribution is -2.29. The third kappa shape index (κ3) is 7.08. The Hall–Kier alpha value is -0.835. The first kappa shape index (κ1) is 17.2. The van der Waals surface area contributed by atoms with Gasteiger partial charge in [-0.3, -0.25) is 0 Å². The maximum Gasteiger partial charge on any atom is 0.488 e. The molecule has 0 bridgehead atoms. The Labute approximate surface area is 123 Å². The molecule has 0 aliphatic heterocycles. The highest BCUT2D eigenvalue weighted by Gasteiger charge is 2.10. The fourth-order valence-electron chi connectivity index (χ4n) is 2.14. The maximum atomic E-state index is 9.02. The van der Waals surface area contributed by atoms with Crippen molar-refractivity contribution >= 4 is 12.6 Å². The molecular formula is C16H27BO3. The maximum absolute atomic E-state index is 9.02. The van der Waals surface area contributed by atoms with Crippen molar-refractivity contribution in [3.05, 3.63) is 29.8 Å². The van der Waals surface area contributed by atoms with Crippen LogP contribution in [-0.4, -0.2) is 23.3 Å². The van der Waals surface area contributed by atoms with Crippen molar-refractivity contribution in [2.75, 3.05) is 0 Å². The molecule has 0 saturated heterocycles. The second-order valence-corrected chi connectivity index (χ2v) is 5.44. The minimum atomic E-state index is -1.40. The van der Waals surface area contributed by atoms with Gasteiger partial charge in [0.2, 0.25) is 0 Å². The molecule has 112 valence electrons. The van der Waals surface area contributed by atoms with Crippen molar-refractivity contribution < 1.29 is 14.8 Å². The van der Waals surface area contributed by atoms with E-state index in [2.05, 4.69) is 13.8 Å².